The molecule has 2 aliphatic heterocycles. The van der Waals surface area contributed by atoms with Crippen LogP contribution in [0.3, 0.4) is 0 Å². The van der Waals surface area contributed by atoms with Crippen molar-refractivity contribution >= 4 is 5.91 Å². The van der Waals surface area contributed by atoms with E-state index in [0.717, 1.165) is 56.1 Å². The van der Waals surface area contributed by atoms with E-state index in [1.54, 1.807) is 0 Å². The van der Waals surface area contributed by atoms with Crippen molar-refractivity contribution in [2.75, 3.05) is 26.3 Å². The van der Waals surface area contributed by atoms with E-state index in [1.165, 1.54) is 0 Å². The quantitative estimate of drug-likeness (QED) is 0.881. The third kappa shape index (κ3) is 4.37. The molecule has 0 aliphatic carbocycles. The van der Waals surface area contributed by atoms with Gasteiger partial charge in [-0.15, -0.1) is 0 Å². The molecular formula is C23H28N2O3. The minimum atomic E-state index is -0.315. The topological polar surface area (TPSA) is 50.8 Å². The Labute approximate surface area is 166 Å². The average Bonchev–Trinajstić information content (AvgIpc) is 2.68. The lowest BCUT2D eigenvalue weighted by molar-refractivity contribution is 0.0341. The Bertz CT molecular complexity index is 843. The summed E-state index contributed by atoms with van der Waals surface area (Å²) in [4.78, 5) is 15.4. The Morgan fingerprint density at radius 1 is 1.14 bits per heavy atom. The monoisotopic (exact) mass is 380 g/mol. The molecule has 0 bridgehead atoms. The molecular weight excluding hydrogens is 352 g/mol. The Morgan fingerprint density at radius 2 is 1.93 bits per heavy atom. The van der Waals surface area contributed by atoms with Gasteiger partial charge in [0.25, 0.3) is 5.91 Å². The smallest absolute Gasteiger partial charge is 0.251 e. The standard InChI is InChI=1S/C23H28N2O3/c1-23(2)15-20(19-8-3-4-9-21(19)28-23)24-22(26)18-7-5-6-17(14-18)16-25-10-12-27-13-11-25/h3-9,14,20H,10-13,15-16H2,1-2H3,(H,24,26)/t20-/m1/s1. The summed E-state index contributed by atoms with van der Waals surface area (Å²) in [6.45, 7) is 8.39. The highest BCUT2D eigenvalue weighted by Gasteiger charge is 2.34. The lowest BCUT2D eigenvalue weighted by atomic mass is 9.89. The summed E-state index contributed by atoms with van der Waals surface area (Å²) in [5.74, 6) is 0.812. The number of rotatable bonds is 4. The van der Waals surface area contributed by atoms with Gasteiger partial charge in [0.2, 0.25) is 0 Å². The molecule has 28 heavy (non-hydrogen) atoms. The molecule has 1 fully saturated rings. The first-order valence-electron chi connectivity index (χ1n) is 9.98. The first-order valence-corrected chi connectivity index (χ1v) is 9.98. The molecule has 5 nitrogen and oxygen atoms in total. The fourth-order valence-electron chi connectivity index (χ4n) is 4.00. The number of para-hydroxylation sites is 1. The Hall–Kier alpha value is -2.37. The van der Waals surface area contributed by atoms with Crippen molar-refractivity contribution < 1.29 is 14.3 Å². The van der Waals surface area contributed by atoms with Crippen LogP contribution in [0.1, 0.15) is 47.8 Å². The number of nitrogens with one attached hydrogen (secondary N) is 1. The van der Waals surface area contributed by atoms with E-state index in [-0.39, 0.29) is 17.6 Å². The van der Waals surface area contributed by atoms with Crippen LogP contribution < -0.4 is 10.1 Å². The van der Waals surface area contributed by atoms with Crippen molar-refractivity contribution in [1.82, 2.24) is 10.2 Å². The number of carbonyl (C=O) groups is 1. The van der Waals surface area contributed by atoms with Gasteiger partial charge < -0.3 is 14.8 Å². The Morgan fingerprint density at radius 3 is 2.75 bits per heavy atom. The van der Waals surface area contributed by atoms with Crippen molar-refractivity contribution in [3.8, 4) is 5.75 Å². The molecule has 0 aromatic heterocycles. The molecule has 2 aromatic rings. The zero-order valence-electron chi connectivity index (χ0n) is 16.6. The predicted octanol–water partition coefficient (Wildman–Crippen LogP) is 3.55. The van der Waals surface area contributed by atoms with Gasteiger partial charge in [-0.25, -0.2) is 0 Å². The number of ether oxygens (including phenoxy) is 2. The molecule has 0 unspecified atom stereocenters. The van der Waals surface area contributed by atoms with E-state index in [0.29, 0.717) is 5.56 Å². The third-order valence-corrected chi connectivity index (χ3v) is 5.38. The van der Waals surface area contributed by atoms with E-state index >= 15 is 0 Å². The summed E-state index contributed by atoms with van der Waals surface area (Å²) >= 11 is 0. The van der Waals surface area contributed by atoms with Gasteiger partial charge in [-0.1, -0.05) is 30.3 Å². The molecule has 5 heteroatoms. The van der Waals surface area contributed by atoms with Crippen LogP contribution in [0.15, 0.2) is 48.5 Å². The summed E-state index contributed by atoms with van der Waals surface area (Å²) in [6, 6.07) is 15.8. The minimum Gasteiger partial charge on any atom is -0.487 e. The Kier molecular flexibility index (Phi) is 5.38. The number of nitrogens with zero attached hydrogens (tertiary/aromatic N) is 1. The largest absolute Gasteiger partial charge is 0.487 e. The van der Waals surface area contributed by atoms with E-state index in [2.05, 4.69) is 30.1 Å². The number of carbonyl (C=O) groups excluding carboxylic acids is 1. The first-order chi connectivity index (χ1) is 13.5. The molecule has 4 rings (SSSR count). The maximum atomic E-state index is 13.0. The van der Waals surface area contributed by atoms with Crippen molar-refractivity contribution in [1.29, 1.82) is 0 Å². The molecule has 1 amide bonds. The highest BCUT2D eigenvalue weighted by molar-refractivity contribution is 5.94. The van der Waals surface area contributed by atoms with Crippen molar-refractivity contribution in [2.45, 2.75) is 38.5 Å². The number of hydrogen-bond acceptors (Lipinski definition) is 4. The summed E-state index contributed by atoms with van der Waals surface area (Å²) in [5, 5.41) is 3.23. The normalized spacial score (nSPS) is 21.4. The van der Waals surface area contributed by atoms with Gasteiger partial charge in [-0.3, -0.25) is 9.69 Å². The van der Waals surface area contributed by atoms with Gasteiger partial charge in [0, 0.05) is 37.2 Å². The summed E-state index contributed by atoms with van der Waals surface area (Å²) in [6.07, 6.45) is 0.739. The van der Waals surface area contributed by atoms with Crippen LogP contribution in [0, 0.1) is 0 Å². The SMILES string of the molecule is CC1(C)C[C@@H](NC(=O)c2cccc(CN3CCOCC3)c2)c2ccccc2O1. The number of morpholine rings is 1. The van der Waals surface area contributed by atoms with Gasteiger partial charge in [0.05, 0.1) is 19.3 Å². The fourth-order valence-corrected chi connectivity index (χ4v) is 4.00. The van der Waals surface area contributed by atoms with Gasteiger partial charge in [-0.05, 0) is 37.6 Å². The Balaban J connectivity index is 1.48. The maximum Gasteiger partial charge on any atom is 0.251 e. The maximum absolute atomic E-state index is 13.0. The molecule has 0 radical (unpaired) electrons. The fraction of sp³-hybridized carbons (Fsp3) is 0.435. The van der Waals surface area contributed by atoms with Crippen LogP contribution in [0.5, 0.6) is 5.75 Å². The van der Waals surface area contributed by atoms with Crippen LogP contribution in [-0.2, 0) is 11.3 Å². The van der Waals surface area contributed by atoms with Crippen molar-refractivity contribution in [2.24, 2.45) is 0 Å². The van der Waals surface area contributed by atoms with Gasteiger partial charge in [0.1, 0.15) is 11.4 Å². The summed E-state index contributed by atoms with van der Waals surface area (Å²) in [7, 11) is 0. The van der Waals surface area contributed by atoms with Gasteiger partial charge in [-0.2, -0.15) is 0 Å². The van der Waals surface area contributed by atoms with Crippen LogP contribution in [-0.4, -0.2) is 42.7 Å². The van der Waals surface area contributed by atoms with E-state index in [4.69, 9.17) is 9.47 Å². The highest BCUT2D eigenvalue weighted by atomic mass is 16.5. The number of amides is 1. The van der Waals surface area contributed by atoms with E-state index in [1.807, 2.05) is 42.5 Å². The second-order valence-electron chi connectivity index (χ2n) is 8.22. The zero-order valence-corrected chi connectivity index (χ0v) is 16.6. The van der Waals surface area contributed by atoms with Crippen LogP contribution in [0.4, 0.5) is 0 Å². The lowest BCUT2D eigenvalue weighted by Gasteiger charge is -2.37. The molecule has 1 N–H and O–H groups in total. The van der Waals surface area contributed by atoms with Gasteiger partial charge in [0.15, 0.2) is 0 Å². The van der Waals surface area contributed by atoms with Crippen LogP contribution in [0.25, 0.3) is 0 Å². The van der Waals surface area contributed by atoms with E-state index < -0.39 is 0 Å². The number of fused-ring (bicyclic) bond motifs is 1. The van der Waals surface area contributed by atoms with Crippen LogP contribution in [0.2, 0.25) is 0 Å². The molecule has 1 saturated heterocycles. The second kappa shape index (κ2) is 7.94. The van der Waals surface area contributed by atoms with Crippen molar-refractivity contribution in [3.63, 3.8) is 0 Å². The van der Waals surface area contributed by atoms with Gasteiger partial charge >= 0.3 is 0 Å². The molecule has 2 aromatic carbocycles. The second-order valence-corrected chi connectivity index (χ2v) is 8.22. The molecule has 0 saturated carbocycles. The number of hydrogen-bond donors (Lipinski definition) is 1. The first kappa shape index (κ1) is 19.0. The molecule has 0 spiro atoms. The third-order valence-electron chi connectivity index (χ3n) is 5.38. The molecule has 2 aliphatic rings. The molecule has 2 heterocycles. The lowest BCUT2D eigenvalue weighted by Crippen LogP contribution is -2.41. The minimum absolute atomic E-state index is 0.0404. The summed E-state index contributed by atoms with van der Waals surface area (Å²) in [5.41, 5.74) is 2.58. The molecule has 1 atom stereocenters. The summed E-state index contributed by atoms with van der Waals surface area (Å²) < 4.78 is 11.5. The van der Waals surface area contributed by atoms with E-state index in [9.17, 15) is 4.79 Å². The highest BCUT2D eigenvalue weighted by Crippen LogP contribution is 2.39. The zero-order chi connectivity index (χ0) is 19.6. The van der Waals surface area contributed by atoms with Crippen LogP contribution >= 0.6 is 0 Å². The molecule has 148 valence electrons. The number of benzene rings is 2. The van der Waals surface area contributed by atoms with Crippen molar-refractivity contribution in [3.05, 3.63) is 65.2 Å². The predicted molar refractivity (Wildman–Crippen MR) is 109 cm³/mol. The average molecular weight is 380 g/mol.